The van der Waals surface area contributed by atoms with Crippen LogP contribution in [0.15, 0.2) is 24.3 Å². The van der Waals surface area contributed by atoms with Crippen molar-refractivity contribution in [3.8, 4) is 6.07 Å². The van der Waals surface area contributed by atoms with Crippen molar-refractivity contribution >= 4 is 16.7 Å². The van der Waals surface area contributed by atoms with Gasteiger partial charge in [-0.25, -0.2) is 4.98 Å². The standard InChI is InChI=1S/C17H17N5/c1-10-5-4-6-14-17(10)22-16(21-14)9-19-15-7-11(2)20-12(3)13(15)8-18/h4-7H,9H2,1-3H3,(H,19,20)(H,21,22). The maximum atomic E-state index is 9.28. The summed E-state index contributed by atoms with van der Waals surface area (Å²) in [5, 5.41) is 12.6. The van der Waals surface area contributed by atoms with Gasteiger partial charge in [0, 0.05) is 5.69 Å². The van der Waals surface area contributed by atoms with Crippen LogP contribution in [0.2, 0.25) is 0 Å². The van der Waals surface area contributed by atoms with E-state index in [4.69, 9.17) is 0 Å². The Morgan fingerprint density at radius 2 is 2.05 bits per heavy atom. The van der Waals surface area contributed by atoms with Gasteiger partial charge in [-0.1, -0.05) is 12.1 Å². The molecule has 2 aromatic heterocycles. The van der Waals surface area contributed by atoms with Crippen molar-refractivity contribution in [3.63, 3.8) is 0 Å². The van der Waals surface area contributed by atoms with Gasteiger partial charge in [-0.3, -0.25) is 4.98 Å². The molecule has 3 aromatic rings. The highest BCUT2D eigenvalue weighted by molar-refractivity contribution is 5.78. The zero-order valence-corrected chi connectivity index (χ0v) is 12.9. The molecule has 0 aliphatic rings. The third-order valence-corrected chi connectivity index (χ3v) is 3.65. The molecule has 0 atom stereocenters. The van der Waals surface area contributed by atoms with E-state index in [9.17, 15) is 5.26 Å². The van der Waals surface area contributed by atoms with Crippen LogP contribution in [0.1, 0.15) is 28.3 Å². The fourth-order valence-electron chi connectivity index (χ4n) is 2.60. The van der Waals surface area contributed by atoms with E-state index in [1.807, 2.05) is 45.0 Å². The molecule has 0 bridgehead atoms. The zero-order valence-electron chi connectivity index (χ0n) is 12.9. The molecular formula is C17H17N5. The normalized spacial score (nSPS) is 10.6. The lowest BCUT2D eigenvalue weighted by Crippen LogP contribution is -2.05. The Bertz CT molecular complexity index is 886. The monoisotopic (exact) mass is 291 g/mol. The van der Waals surface area contributed by atoms with E-state index >= 15 is 0 Å². The fourth-order valence-corrected chi connectivity index (χ4v) is 2.60. The van der Waals surface area contributed by atoms with Gasteiger partial charge in [-0.2, -0.15) is 5.26 Å². The maximum Gasteiger partial charge on any atom is 0.126 e. The number of aryl methyl sites for hydroxylation is 3. The highest BCUT2D eigenvalue weighted by Gasteiger charge is 2.09. The summed E-state index contributed by atoms with van der Waals surface area (Å²) < 4.78 is 0. The Kier molecular flexibility index (Phi) is 3.51. The quantitative estimate of drug-likeness (QED) is 0.775. The molecular weight excluding hydrogens is 274 g/mol. The second-order valence-corrected chi connectivity index (χ2v) is 5.39. The number of imidazole rings is 1. The van der Waals surface area contributed by atoms with Crippen LogP contribution in [0.4, 0.5) is 5.69 Å². The van der Waals surface area contributed by atoms with E-state index < -0.39 is 0 Å². The van der Waals surface area contributed by atoms with Crippen molar-refractivity contribution in [1.29, 1.82) is 5.26 Å². The smallest absolute Gasteiger partial charge is 0.126 e. The number of aromatic nitrogens is 3. The molecule has 0 fully saturated rings. The zero-order chi connectivity index (χ0) is 15.7. The van der Waals surface area contributed by atoms with Crippen LogP contribution >= 0.6 is 0 Å². The molecule has 0 radical (unpaired) electrons. The van der Waals surface area contributed by atoms with Crippen molar-refractivity contribution < 1.29 is 0 Å². The van der Waals surface area contributed by atoms with Gasteiger partial charge in [0.25, 0.3) is 0 Å². The average molecular weight is 291 g/mol. The summed E-state index contributed by atoms with van der Waals surface area (Å²) in [4.78, 5) is 12.2. The van der Waals surface area contributed by atoms with E-state index in [-0.39, 0.29) is 0 Å². The van der Waals surface area contributed by atoms with Crippen molar-refractivity contribution in [3.05, 3.63) is 52.6 Å². The topological polar surface area (TPSA) is 77.4 Å². The molecule has 22 heavy (non-hydrogen) atoms. The van der Waals surface area contributed by atoms with Gasteiger partial charge >= 0.3 is 0 Å². The number of H-pyrrole nitrogens is 1. The van der Waals surface area contributed by atoms with E-state index in [0.29, 0.717) is 12.1 Å². The second kappa shape index (κ2) is 5.49. The Morgan fingerprint density at radius 3 is 2.77 bits per heavy atom. The average Bonchev–Trinajstić information content (AvgIpc) is 2.89. The van der Waals surface area contributed by atoms with E-state index in [2.05, 4.69) is 26.3 Å². The van der Waals surface area contributed by atoms with Crippen LogP contribution in [-0.4, -0.2) is 15.0 Å². The summed E-state index contributed by atoms with van der Waals surface area (Å²) in [6, 6.07) is 10.2. The first kappa shape index (κ1) is 14.1. The molecule has 110 valence electrons. The van der Waals surface area contributed by atoms with Crippen molar-refractivity contribution in [2.45, 2.75) is 27.3 Å². The summed E-state index contributed by atoms with van der Waals surface area (Å²) in [6.45, 7) is 6.35. The van der Waals surface area contributed by atoms with Gasteiger partial charge < -0.3 is 10.3 Å². The maximum absolute atomic E-state index is 9.28. The van der Waals surface area contributed by atoms with Crippen molar-refractivity contribution in [2.24, 2.45) is 0 Å². The number of nitriles is 1. The molecule has 0 saturated heterocycles. The van der Waals surface area contributed by atoms with Crippen LogP contribution in [-0.2, 0) is 6.54 Å². The number of hydrogen-bond acceptors (Lipinski definition) is 4. The molecule has 5 nitrogen and oxygen atoms in total. The molecule has 0 aliphatic heterocycles. The van der Waals surface area contributed by atoms with Gasteiger partial charge in [0.05, 0.1) is 34.5 Å². The highest BCUT2D eigenvalue weighted by atomic mass is 15.0. The lowest BCUT2D eigenvalue weighted by atomic mass is 10.1. The second-order valence-electron chi connectivity index (χ2n) is 5.39. The molecule has 1 aromatic carbocycles. The first-order valence-electron chi connectivity index (χ1n) is 7.15. The SMILES string of the molecule is Cc1cc(NCc2nc3c(C)cccc3[nH]2)c(C#N)c(C)n1. The highest BCUT2D eigenvalue weighted by Crippen LogP contribution is 2.20. The Hall–Kier alpha value is -2.87. The Balaban J connectivity index is 1.88. The first-order valence-corrected chi connectivity index (χ1v) is 7.15. The Labute approximate surface area is 129 Å². The number of benzene rings is 1. The van der Waals surface area contributed by atoms with E-state index in [1.165, 1.54) is 0 Å². The van der Waals surface area contributed by atoms with Crippen molar-refractivity contribution in [1.82, 2.24) is 15.0 Å². The van der Waals surface area contributed by atoms with Crippen LogP contribution in [0.5, 0.6) is 0 Å². The fraction of sp³-hybridized carbons (Fsp3) is 0.235. The van der Waals surface area contributed by atoms with Gasteiger partial charge in [-0.15, -0.1) is 0 Å². The number of rotatable bonds is 3. The minimum absolute atomic E-state index is 0.533. The number of nitrogens with zero attached hydrogens (tertiary/aromatic N) is 3. The molecule has 0 aliphatic carbocycles. The number of pyridine rings is 1. The van der Waals surface area contributed by atoms with E-state index in [1.54, 1.807) is 0 Å². The predicted molar refractivity (Wildman–Crippen MR) is 86.6 cm³/mol. The molecule has 0 saturated carbocycles. The number of hydrogen-bond donors (Lipinski definition) is 2. The number of anilines is 1. The molecule has 5 heteroatoms. The largest absolute Gasteiger partial charge is 0.377 e. The third kappa shape index (κ3) is 2.51. The van der Waals surface area contributed by atoms with Crippen LogP contribution in [0.3, 0.4) is 0 Å². The molecule has 0 unspecified atom stereocenters. The van der Waals surface area contributed by atoms with Gasteiger partial charge in [0.2, 0.25) is 0 Å². The van der Waals surface area contributed by atoms with Gasteiger partial charge in [0.1, 0.15) is 11.9 Å². The summed E-state index contributed by atoms with van der Waals surface area (Å²) in [7, 11) is 0. The van der Waals surface area contributed by atoms with Crippen LogP contribution < -0.4 is 5.32 Å². The number of aromatic amines is 1. The molecule has 0 amide bonds. The predicted octanol–water partition coefficient (Wildman–Crippen LogP) is 3.37. The lowest BCUT2D eigenvalue weighted by Gasteiger charge is -2.09. The molecule has 2 N–H and O–H groups in total. The number of fused-ring (bicyclic) bond motifs is 1. The summed E-state index contributed by atoms with van der Waals surface area (Å²) in [5.74, 6) is 0.848. The van der Waals surface area contributed by atoms with Gasteiger partial charge in [-0.05, 0) is 38.5 Å². The molecule has 2 heterocycles. The third-order valence-electron chi connectivity index (χ3n) is 3.65. The minimum Gasteiger partial charge on any atom is -0.377 e. The lowest BCUT2D eigenvalue weighted by molar-refractivity contribution is 1.00. The minimum atomic E-state index is 0.533. The Morgan fingerprint density at radius 1 is 1.23 bits per heavy atom. The summed E-state index contributed by atoms with van der Waals surface area (Å²) >= 11 is 0. The van der Waals surface area contributed by atoms with Crippen LogP contribution in [0, 0.1) is 32.1 Å². The summed E-state index contributed by atoms with van der Waals surface area (Å²) in [6.07, 6.45) is 0. The van der Waals surface area contributed by atoms with Gasteiger partial charge in [0.15, 0.2) is 0 Å². The first-order chi connectivity index (χ1) is 10.6. The molecule has 3 rings (SSSR count). The molecule has 0 spiro atoms. The van der Waals surface area contributed by atoms with Crippen molar-refractivity contribution in [2.75, 3.05) is 5.32 Å². The van der Waals surface area contributed by atoms with E-state index in [0.717, 1.165) is 39.5 Å². The summed E-state index contributed by atoms with van der Waals surface area (Å²) in [5.41, 5.74) is 6.17. The number of nitrogens with one attached hydrogen (secondary N) is 2. The van der Waals surface area contributed by atoms with Crippen LogP contribution in [0.25, 0.3) is 11.0 Å². The number of para-hydroxylation sites is 1.